The number of hydrogen-bond acceptors (Lipinski definition) is 4. The number of aryl methyl sites for hydroxylation is 1. The van der Waals surface area contributed by atoms with Crippen molar-refractivity contribution in [3.05, 3.63) is 29.3 Å². The summed E-state index contributed by atoms with van der Waals surface area (Å²) in [5.41, 5.74) is 0.731. The number of benzene rings is 1. The van der Waals surface area contributed by atoms with Crippen molar-refractivity contribution >= 4 is 21.7 Å². The molecule has 0 aromatic heterocycles. The van der Waals surface area contributed by atoms with Crippen molar-refractivity contribution in [3.8, 4) is 0 Å². The monoisotopic (exact) mass is 300 g/mol. The van der Waals surface area contributed by atoms with Crippen LogP contribution in [0.15, 0.2) is 18.2 Å². The van der Waals surface area contributed by atoms with Crippen molar-refractivity contribution < 1.29 is 18.3 Å². The number of sulfonamides is 1. The predicted octanol–water partition coefficient (Wildman–Crippen LogP) is 1.43. The summed E-state index contributed by atoms with van der Waals surface area (Å²) in [5, 5.41) is 12.2. The van der Waals surface area contributed by atoms with Crippen molar-refractivity contribution in [2.24, 2.45) is 0 Å². The summed E-state index contributed by atoms with van der Waals surface area (Å²) in [4.78, 5) is 11.2. The molecule has 7 heteroatoms. The van der Waals surface area contributed by atoms with Crippen LogP contribution in [0.3, 0.4) is 0 Å². The van der Waals surface area contributed by atoms with E-state index < -0.39 is 21.5 Å². The fourth-order valence-corrected chi connectivity index (χ4v) is 3.00. The zero-order valence-corrected chi connectivity index (χ0v) is 12.8. The Bertz CT molecular complexity index is 609. The minimum Gasteiger partial charge on any atom is -0.478 e. The molecule has 3 N–H and O–H groups in total. The van der Waals surface area contributed by atoms with E-state index >= 15 is 0 Å². The minimum atomic E-state index is -3.33. The molecule has 0 bridgehead atoms. The third kappa shape index (κ3) is 4.82. The van der Waals surface area contributed by atoms with Crippen LogP contribution in [0.25, 0.3) is 0 Å². The molecule has 6 nitrogen and oxygen atoms in total. The molecule has 0 amide bonds. The second-order valence-electron chi connectivity index (χ2n) is 5.41. The number of carboxylic acids is 1. The Morgan fingerprint density at radius 2 is 1.95 bits per heavy atom. The van der Waals surface area contributed by atoms with Crippen molar-refractivity contribution in [1.29, 1.82) is 0 Å². The molecule has 0 saturated heterocycles. The highest BCUT2D eigenvalue weighted by atomic mass is 32.2. The Hall–Kier alpha value is -1.60. The van der Waals surface area contributed by atoms with Crippen molar-refractivity contribution in [3.63, 3.8) is 0 Å². The van der Waals surface area contributed by atoms with Crippen LogP contribution in [0, 0.1) is 6.92 Å². The molecule has 0 unspecified atom stereocenters. The average molecular weight is 300 g/mol. The molecular formula is C13H20N2O4S. The maximum absolute atomic E-state index is 11.3. The highest BCUT2D eigenvalue weighted by molar-refractivity contribution is 7.88. The van der Waals surface area contributed by atoms with E-state index in [9.17, 15) is 13.2 Å². The Labute approximate surface area is 119 Å². The normalized spacial score (nSPS) is 12.2. The Morgan fingerprint density at radius 3 is 2.45 bits per heavy atom. The van der Waals surface area contributed by atoms with Gasteiger partial charge in [-0.2, -0.15) is 0 Å². The zero-order valence-electron chi connectivity index (χ0n) is 12.0. The molecule has 0 radical (unpaired) electrons. The molecule has 0 heterocycles. The molecule has 20 heavy (non-hydrogen) atoms. The van der Waals surface area contributed by atoms with E-state index in [0.29, 0.717) is 5.69 Å². The van der Waals surface area contributed by atoms with Gasteiger partial charge in [-0.15, -0.1) is 0 Å². The number of anilines is 1. The van der Waals surface area contributed by atoms with E-state index in [4.69, 9.17) is 5.11 Å². The standard InChI is InChI=1S/C13H20N2O4S/c1-9-6-5-7-10(12(16)17)11(9)14-8-13(2,3)15-20(4,18)19/h5-7,14-15H,8H2,1-4H3,(H,16,17). The number of hydrogen-bond donors (Lipinski definition) is 3. The van der Waals surface area contributed by atoms with E-state index in [0.717, 1.165) is 11.8 Å². The molecule has 0 aliphatic carbocycles. The molecule has 0 aliphatic rings. The lowest BCUT2D eigenvalue weighted by Gasteiger charge is -2.26. The van der Waals surface area contributed by atoms with Gasteiger partial charge in [0.05, 0.1) is 17.5 Å². The van der Waals surface area contributed by atoms with Gasteiger partial charge in [0.2, 0.25) is 10.0 Å². The summed E-state index contributed by atoms with van der Waals surface area (Å²) in [6.07, 6.45) is 1.09. The van der Waals surface area contributed by atoms with E-state index in [1.165, 1.54) is 6.07 Å². The number of rotatable bonds is 6. The first-order chi connectivity index (χ1) is 9.02. The molecule has 0 saturated carbocycles. The minimum absolute atomic E-state index is 0.167. The molecule has 0 aliphatic heterocycles. The molecule has 112 valence electrons. The first-order valence-corrected chi connectivity index (χ1v) is 7.97. The first-order valence-electron chi connectivity index (χ1n) is 6.07. The zero-order chi connectivity index (χ0) is 15.6. The Morgan fingerprint density at radius 1 is 1.35 bits per heavy atom. The maximum Gasteiger partial charge on any atom is 0.337 e. The van der Waals surface area contributed by atoms with Crippen LogP contribution in [0.5, 0.6) is 0 Å². The second-order valence-corrected chi connectivity index (χ2v) is 7.16. The predicted molar refractivity (Wildman–Crippen MR) is 78.7 cm³/mol. The van der Waals surface area contributed by atoms with Crippen LogP contribution in [0.4, 0.5) is 5.69 Å². The third-order valence-corrected chi connectivity index (χ3v) is 3.60. The fraction of sp³-hybridized carbons (Fsp3) is 0.462. The Kier molecular flexibility index (Phi) is 4.77. The molecule has 1 aromatic carbocycles. The van der Waals surface area contributed by atoms with Gasteiger partial charge >= 0.3 is 5.97 Å². The number of aromatic carboxylic acids is 1. The lowest BCUT2D eigenvalue weighted by atomic mass is 10.0. The van der Waals surface area contributed by atoms with Crippen LogP contribution in [0.1, 0.15) is 29.8 Å². The van der Waals surface area contributed by atoms with Gasteiger partial charge in [0.25, 0.3) is 0 Å². The molecule has 0 spiro atoms. The van der Waals surface area contributed by atoms with Gasteiger partial charge in [0, 0.05) is 12.1 Å². The Balaban J connectivity index is 2.93. The van der Waals surface area contributed by atoms with Crippen molar-refractivity contribution in [1.82, 2.24) is 4.72 Å². The van der Waals surface area contributed by atoms with Crippen LogP contribution in [-0.4, -0.2) is 37.8 Å². The lowest BCUT2D eigenvalue weighted by Crippen LogP contribution is -2.47. The molecular weight excluding hydrogens is 280 g/mol. The number of carbonyl (C=O) groups is 1. The number of para-hydroxylation sites is 1. The topological polar surface area (TPSA) is 95.5 Å². The van der Waals surface area contributed by atoms with E-state index in [1.54, 1.807) is 32.9 Å². The SMILES string of the molecule is Cc1cccc(C(=O)O)c1NCC(C)(C)NS(C)(=O)=O. The highest BCUT2D eigenvalue weighted by Crippen LogP contribution is 2.21. The van der Waals surface area contributed by atoms with Crippen LogP contribution in [0.2, 0.25) is 0 Å². The largest absolute Gasteiger partial charge is 0.478 e. The number of carboxylic acid groups (broad SMARTS) is 1. The number of nitrogens with one attached hydrogen (secondary N) is 2. The van der Waals surface area contributed by atoms with Crippen LogP contribution in [-0.2, 0) is 10.0 Å². The highest BCUT2D eigenvalue weighted by Gasteiger charge is 2.23. The fourth-order valence-electron chi connectivity index (χ4n) is 1.93. The maximum atomic E-state index is 11.3. The van der Waals surface area contributed by atoms with Gasteiger partial charge in [-0.05, 0) is 32.4 Å². The van der Waals surface area contributed by atoms with Crippen molar-refractivity contribution in [2.45, 2.75) is 26.3 Å². The molecule has 0 atom stereocenters. The van der Waals surface area contributed by atoms with Gasteiger partial charge in [-0.25, -0.2) is 17.9 Å². The van der Waals surface area contributed by atoms with Gasteiger partial charge in [0.15, 0.2) is 0 Å². The average Bonchev–Trinajstić information content (AvgIpc) is 2.23. The molecule has 1 aromatic rings. The summed E-state index contributed by atoms with van der Waals surface area (Å²) >= 11 is 0. The summed E-state index contributed by atoms with van der Waals surface area (Å²) in [5.74, 6) is -1.02. The smallest absolute Gasteiger partial charge is 0.337 e. The van der Waals surface area contributed by atoms with Gasteiger partial charge in [-0.1, -0.05) is 12.1 Å². The quantitative estimate of drug-likeness (QED) is 0.738. The molecule has 0 fully saturated rings. The summed E-state index contributed by atoms with van der Waals surface area (Å²) in [6.45, 7) is 5.51. The van der Waals surface area contributed by atoms with Gasteiger partial charge < -0.3 is 10.4 Å². The third-order valence-electron chi connectivity index (χ3n) is 2.67. The van der Waals surface area contributed by atoms with E-state index in [2.05, 4.69) is 10.0 Å². The molecule has 1 rings (SSSR count). The lowest BCUT2D eigenvalue weighted by molar-refractivity contribution is 0.0697. The van der Waals surface area contributed by atoms with Gasteiger partial charge in [-0.3, -0.25) is 0 Å². The van der Waals surface area contributed by atoms with Crippen LogP contribution < -0.4 is 10.0 Å². The van der Waals surface area contributed by atoms with Gasteiger partial charge in [0.1, 0.15) is 0 Å². The van der Waals surface area contributed by atoms with Crippen LogP contribution >= 0.6 is 0 Å². The van der Waals surface area contributed by atoms with Crippen molar-refractivity contribution in [2.75, 3.05) is 18.1 Å². The summed E-state index contributed by atoms with van der Waals surface area (Å²) < 4.78 is 25.0. The van der Waals surface area contributed by atoms with E-state index in [-0.39, 0.29) is 12.1 Å². The first kappa shape index (κ1) is 16.5. The second kappa shape index (κ2) is 5.80. The summed E-state index contributed by atoms with van der Waals surface area (Å²) in [6, 6.07) is 4.98. The van der Waals surface area contributed by atoms with E-state index in [1.807, 2.05) is 0 Å². The summed E-state index contributed by atoms with van der Waals surface area (Å²) in [7, 11) is -3.33.